The zero-order valence-electron chi connectivity index (χ0n) is 9.07. The van der Waals surface area contributed by atoms with Crippen LogP contribution in [0.5, 0.6) is 0 Å². The first-order valence-corrected chi connectivity index (χ1v) is 5.65. The lowest BCUT2D eigenvalue weighted by molar-refractivity contribution is 0.236. The monoisotopic (exact) mass is 217 g/mol. The Morgan fingerprint density at radius 2 is 2.12 bits per heavy atom. The Morgan fingerprint density at radius 1 is 1.31 bits per heavy atom. The topological polar surface area (TPSA) is 58.4 Å². The number of anilines is 2. The molecular formula is C12H15N3O. The van der Waals surface area contributed by atoms with Crippen molar-refractivity contribution in [2.24, 2.45) is 0 Å². The molecule has 1 spiro atoms. The van der Waals surface area contributed by atoms with Crippen LogP contribution in [0, 0.1) is 0 Å². The predicted octanol–water partition coefficient (Wildman–Crippen LogP) is 1.72. The first kappa shape index (κ1) is 9.51. The molecule has 2 aliphatic rings. The molecule has 1 aromatic carbocycles. The van der Waals surface area contributed by atoms with E-state index in [0.29, 0.717) is 5.69 Å². The summed E-state index contributed by atoms with van der Waals surface area (Å²) in [5, 5.41) is 2.89. The third kappa shape index (κ3) is 1.33. The van der Waals surface area contributed by atoms with Gasteiger partial charge < -0.3 is 11.1 Å². The highest BCUT2D eigenvalue weighted by Gasteiger charge is 2.52. The molecule has 0 bridgehead atoms. The van der Waals surface area contributed by atoms with E-state index in [0.717, 1.165) is 31.5 Å². The van der Waals surface area contributed by atoms with Gasteiger partial charge in [0.1, 0.15) is 0 Å². The third-order valence-electron chi connectivity index (χ3n) is 3.50. The number of rotatable bonds is 1. The SMILES string of the molecule is Nc1cccc(N2C(=O)NCCC23CC3)c1. The van der Waals surface area contributed by atoms with E-state index in [1.807, 2.05) is 29.2 Å². The van der Waals surface area contributed by atoms with Gasteiger partial charge in [0.2, 0.25) is 0 Å². The highest BCUT2D eigenvalue weighted by atomic mass is 16.2. The number of nitrogens with one attached hydrogen (secondary N) is 1. The van der Waals surface area contributed by atoms with E-state index in [-0.39, 0.29) is 11.6 Å². The fourth-order valence-corrected chi connectivity index (χ4v) is 2.48. The molecule has 1 saturated heterocycles. The van der Waals surface area contributed by atoms with E-state index >= 15 is 0 Å². The molecule has 4 heteroatoms. The summed E-state index contributed by atoms with van der Waals surface area (Å²) in [5.74, 6) is 0. The second kappa shape index (κ2) is 3.14. The molecule has 0 atom stereocenters. The van der Waals surface area contributed by atoms with E-state index in [9.17, 15) is 4.79 Å². The van der Waals surface area contributed by atoms with Crippen LogP contribution in [0.4, 0.5) is 16.2 Å². The number of nitrogens with two attached hydrogens (primary N) is 1. The molecule has 1 aliphatic heterocycles. The van der Waals surface area contributed by atoms with Gasteiger partial charge in [-0.1, -0.05) is 6.07 Å². The van der Waals surface area contributed by atoms with Crippen molar-refractivity contribution in [1.82, 2.24) is 5.32 Å². The van der Waals surface area contributed by atoms with E-state index in [4.69, 9.17) is 5.73 Å². The Balaban J connectivity index is 2.00. The van der Waals surface area contributed by atoms with Crippen LogP contribution in [0.15, 0.2) is 24.3 Å². The third-order valence-corrected chi connectivity index (χ3v) is 3.50. The minimum Gasteiger partial charge on any atom is -0.399 e. The molecule has 4 nitrogen and oxygen atoms in total. The van der Waals surface area contributed by atoms with Gasteiger partial charge in [-0.05, 0) is 37.5 Å². The lowest BCUT2D eigenvalue weighted by Gasteiger charge is -2.36. The standard InChI is InChI=1S/C12H15N3O/c13-9-2-1-3-10(8-9)15-11(16)14-7-6-12(15)4-5-12/h1-3,8H,4-7,13H2,(H,14,16). The van der Waals surface area contributed by atoms with Crippen molar-refractivity contribution < 1.29 is 4.79 Å². The maximum atomic E-state index is 11.9. The normalized spacial score (nSPS) is 22.0. The molecule has 16 heavy (non-hydrogen) atoms. The van der Waals surface area contributed by atoms with Crippen LogP contribution in [0.3, 0.4) is 0 Å². The summed E-state index contributed by atoms with van der Waals surface area (Å²) in [6.07, 6.45) is 3.25. The van der Waals surface area contributed by atoms with Gasteiger partial charge in [-0.2, -0.15) is 0 Å². The zero-order chi connectivity index (χ0) is 11.2. The number of nitrogens with zero attached hydrogens (tertiary/aromatic N) is 1. The van der Waals surface area contributed by atoms with Crippen molar-refractivity contribution in [3.05, 3.63) is 24.3 Å². The molecule has 1 aromatic rings. The number of amides is 2. The highest BCUT2D eigenvalue weighted by Crippen LogP contribution is 2.48. The number of carbonyl (C=O) groups is 1. The quantitative estimate of drug-likeness (QED) is 0.704. The van der Waals surface area contributed by atoms with Gasteiger partial charge in [0.15, 0.2) is 0 Å². The summed E-state index contributed by atoms with van der Waals surface area (Å²) in [6.45, 7) is 0.789. The van der Waals surface area contributed by atoms with Crippen LogP contribution in [0.1, 0.15) is 19.3 Å². The van der Waals surface area contributed by atoms with Gasteiger partial charge in [-0.25, -0.2) is 4.79 Å². The van der Waals surface area contributed by atoms with Crippen molar-refractivity contribution in [1.29, 1.82) is 0 Å². The number of hydrogen-bond acceptors (Lipinski definition) is 2. The maximum absolute atomic E-state index is 11.9. The van der Waals surface area contributed by atoms with Crippen LogP contribution in [0.2, 0.25) is 0 Å². The number of carbonyl (C=O) groups excluding carboxylic acids is 1. The molecular weight excluding hydrogens is 202 g/mol. The number of urea groups is 1. The molecule has 1 aliphatic carbocycles. The van der Waals surface area contributed by atoms with Crippen LogP contribution >= 0.6 is 0 Å². The Hall–Kier alpha value is -1.71. The van der Waals surface area contributed by atoms with Gasteiger partial charge in [-0.15, -0.1) is 0 Å². The summed E-state index contributed by atoms with van der Waals surface area (Å²) in [7, 11) is 0. The van der Waals surface area contributed by atoms with E-state index in [2.05, 4.69) is 5.32 Å². The van der Waals surface area contributed by atoms with Crippen LogP contribution in [-0.4, -0.2) is 18.1 Å². The molecule has 0 aromatic heterocycles. The summed E-state index contributed by atoms with van der Waals surface area (Å²) < 4.78 is 0. The number of hydrogen-bond donors (Lipinski definition) is 2. The Morgan fingerprint density at radius 3 is 2.81 bits per heavy atom. The molecule has 1 heterocycles. The second-order valence-corrected chi connectivity index (χ2v) is 4.64. The van der Waals surface area contributed by atoms with Gasteiger partial charge in [-0.3, -0.25) is 4.90 Å². The second-order valence-electron chi connectivity index (χ2n) is 4.64. The zero-order valence-corrected chi connectivity index (χ0v) is 9.07. The van der Waals surface area contributed by atoms with E-state index in [1.165, 1.54) is 0 Å². The molecule has 2 amide bonds. The lowest BCUT2D eigenvalue weighted by Crippen LogP contribution is -2.54. The Labute approximate surface area is 94.4 Å². The minimum absolute atomic E-state index is 0.00866. The molecule has 0 radical (unpaired) electrons. The van der Waals surface area contributed by atoms with Crippen molar-refractivity contribution in [3.63, 3.8) is 0 Å². The van der Waals surface area contributed by atoms with Crippen molar-refractivity contribution >= 4 is 17.4 Å². The number of benzene rings is 1. The van der Waals surface area contributed by atoms with Gasteiger partial charge in [0.25, 0.3) is 0 Å². The summed E-state index contributed by atoms with van der Waals surface area (Å²) in [4.78, 5) is 13.8. The predicted molar refractivity (Wildman–Crippen MR) is 63.3 cm³/mol. The van der Waals surface area contributed by atoms with E-state index in [1.54, 1.807) is 0 Å². The Kier molecular flexibility index (Phi) is 1.87. The lowest BCUT2D eigenvalue weighted by atomic mass is 10.1. The van der Waals surface area contributed by atoms with Crippen molar-refractivity contribution in [2.45, 2.75) is 24.8 Å². The smallest absolute Gasteiger partial charge is 0.322 e. The average molecular weight is 217 g/mol. The average Bonchev–Trinajstić information content (AvgIpc) is 2.98. The van der Waals surface area contributed by atoms with Gasteiger partial charge in [0.05, 0.1) is 5.54 Å². The first-order chi connectivity index (χ1) is 7.71. The first-order valence-electron chi connectivity index (χ1n) is 5.65. The van der Waals surface area contributed by atoms with E-state index < -0.39 is 0 Å². The fourth-order valence-electron chi connectivity index (χ4n) is 2.48. The molecule has 2 fully saturated rings. The summed E-state index contributed by atoms with van der Waals surface area (Å²) >= 11 is 0. The fraction of sp³-hybridized carbons (Fsp3) is 0.417. The van der Waals surface area contributed by atoms with Crippen LogP contribution in [0.25, 0.3) is 0 Å². The molecule has 3 N–H and O–H groups in total. The highest BCUT2D eigenvalue weighted by molar-refractivity contribution is 5.95. The largest absolute Gasteiger partial charge is 0.399 e. The molecule has 1 saturated carbocycles. The van der Waals surface area contributed by atoms with Crippen molar-refractivity contribution in [3.8, 4) is 0 Å². The van der Waals surface area contributed by atoms with Crippen LogP contribution in [-0.2, 0) is 0 Å². The maximum Gasteiger partial charge on any atom is 0.322 e. The van der Waals surface area contributed by atoms with Crippen molar-refractivity contribution in [2.75, 3.05) is 17.2 Å². The number of nitrogen functional groups attached to an aromatic ring is 1. The minimum atomic E-state index is 0.00866. The van der Waals surface area contributed by atoms with Gasteiger partial charge in [0, 0.05) is 17.9 Å². The summed E-state index contributed by atoms with van der Waals surface area (Å²) in [6, 6.07) is 7.55. The molecule has 84 valence electrons. The molecule has 0 unspecified atom stereocenters. The Bertz CT molecular complexity index is 440. The van der Waals surface area contributed by atoms with Crippen LogP contribution < -0.4 is 16.0 Å². The molecule has 3 rings (SSSR count). The van der Waals surface area contributed by atoms with Gasteiger partial charge >= 0.3 is 6.03 Å². The summed E-state index contributed by atoms with van der Waals surface area (Å²) in [5.41, 5.74) is 7.45.